The second kappa shape index (κ2) is 5.47. The van der Waals surface area contributed by atoms with Gasteiger partial charge < -0.3 is 11.1 Å². The van der Waals surface area contributed by atoms with Crippen molar-refractivity contribution in [1.82, 2.24) is 15.1 Å². The average Bonchev–Trinajstić information content (AvgIpc) is 2.76. The lowest BCUT2D eigenvalue weighted by Gasteiger charge is -2.06. The highest BCUT2D eigenvalue weighted by atomic mass is 19.2. The van der Waals surface area contributed by atoms with Crippen LogP contribution in [0.5, 0.6) is 0 Å². The molecule has 0 saturated heterocycles. The number of halogens is 2. The van der Waals surface area contributed by atoms with Crippen molar-refractivity contribution in [3.05, 3.63) is 47.7 Å². The maximum Gasteiger partial charge on any atom is 0.241 e. The van der Waals surface area contributed by atoms with Crippen molar-refractivity contribution in [3.8, 4) is 0 Å². The number of nitrogens with zero attached hydrogens (tertiary/aromatic N) is 2. The van der Waals surface area contributed by atoms with E-state index in [9.17, 15) is 13.6 Å². The predicted octanol–water partition coefficient (Wildman–Crippen LogP) is 1.06. The largest absolute Gasteiger partial charge is 0.382 e. The molecule has 0 bridgehead atoms. The standard InChI is InChI=1S/C12H12F2N4O/c13-9-2-1-8(5-10(9)14)6-16-12(19)7-18-4-3-11(15)17-18/h1-5H,6-7H2,(H2,15,17)(H,16,19). The minimum atomic E-state index is -0.938. The molecule has 2 rings (SSSR count). The number of nitrogens with one attached hydrogen (secondary N) is 1. The molecule has 3 N–H and O–H groups in total. The second-order valence-corrected chi connectivity index (χ2v) is 3.96. The Bertz CT molecular complexity index is 597. The Kier molecular flexibility index (Phi) is 3.74. The van der Waals surface area contributed by atoms with Crippen LogP contribution in [0.1, 0.15) is 5.56 Å². The molecule has 2 aromatic rings. The number of carbonyl (C=O) groups excluding carboxylic acids is 1. The number of nitrogen functional groups attached to an aromatic ring is 1. The summed E-state index contributed by atoms with van der Waals surface area (Å²) < 4.78 is 27.0. The van der Waals surface area contributed by atoms with Crippen LogP contribution >= 0.6 is 0 Å². The summed E-state index contributed by atoms with van der Waals surface area (Å²) in [6.07, 6.45) is 1.58. The van der Waals surface area contributed by atoms with Crippen LogP contribution in [-0.2, 0) is 17.9 Å². The van der Waals surface area contributed by atoms with Crippen LogP contribution < -0.4 is 11.1 Å². The number of rotatable bonds is 4. The fourth-order valence-electron chi connectivity index (χ4n) is 1.52. The Hall–Kier alpha value is -2.44. The first-order valence-electron chi connectivity index (χ1n) is 5.54. The molecular formula is C12H12F2N4O. The van der Waals surface area contributed by atoms with E-state index in [1.54, 1.807) is 12.3 Å². The summed E-state index contributed by atoms with van der Waals surface area (Å²) in [5.74, 6) is -1.82. The number of nitrogens with two attached hydrogens (primary N) is 1. The molecule has 0 saturated carbocycles. The summed E-state index contributed by atoms with van der Waals surface area (Å²) >= 11 is 0. The molecule has 1 amide bonds. The molecule has 0 atom stereocenters. The molecule has 100 valence electrons. The fraction of sp³-hybridized carbons (Fsp3) is 0.167. The van der Waals surface area contributed by atoms with Crippen LogP contribution in [0, 0.1) is 11.6 Å². The van der Waals surface area contributed by atoms with Gasteiger partial charge in [0.2, 0.25) is 5.91 Å². The van der Waals surface area contributed by atoms with E-state index in [0.29, 0.717) is 11.4 Å². The third-order valence-electron chi connectivity index (χ3n) is 2.44. The Labute approximate surface area is 108 Å². The van der Waals surface area contributed by atoms with Gasteiger partial charge in [-0.25, -0.2) is 8.78 Å². The zero-order chi connectivity index (χ0) is 13.8. The summed E-state index contributed by atoms with van der Waals surface area (Å²) in [7, 11) is 0. The maximum atomic E-state index is 12.9. The summed E-state index contributed by atoms with van der Waals surface area (Å²) in [5.41, 5.74) is 5.89. The predicted molar refractivity (Wildman–Crippen MR) is 64.8 cm³/mol. The van der Waals surface area contributed by atoms with Crippen molar-refractivity contribution in [3.63, 3.8) is 0 Å². The third-order valence-corrected chi connectivity index (χ3v) is 2.44. The molecule has 1 aromatic heterocycles. The second-order valence-electron chi connectivity index (χ2n) is 3.96. The van der Waals surface area contributed by atoms with Crippen LogP contribution in [-0.4, -0.2) is 15.7 Å². The SMILES string of the molecule is Nc1ccn(CC(=O)NCc2ccc(F)c(F)c2)n1. The topological polar surface area (TPSA) is 72.9 Å². The molecule has 1 heterocycles. The molecule has 0 spiro atoms. The van der Waals surface area contributed by atoms with Gasteiger partial charge in [-0.15, -0.1) is 0 Å². The Morgan fingerprint density at radius 3 is 2.74 bits per heavy atom. The lowest BCUT2D eigenvalue weighted by Crippen LogP contribution is -2.27. The van der Waals surface area contributed by atoms with Gasteiger partial charge in [0.25, 0.3) is 0 Å². The number of carbonyl (C=O) groups is 1. The van der Waals surface area contributed by atoms with E-state index in [2.05, 4.69) is 10.4 Å². The summed E-state index contributed by atoms with van der Waals surface area (Å²) in [4.78, 5) is 11.6. The zero-order valence-corrected chi connectivity index (χ0v) is 9.94. The average molecular weight is 266 g/mol. The molecule has 0 aliphatic heterocycles. The van der Waals surface area contributed by atoms with Gasteiger partial charge in [0, 0.05) is 12.7 Å². The van der Waals surface area contributed by atoms with Crippen molar-refractivity contribution in [2.75, 3.05) is 5.73 Å². The van der Waals surface area contributed by atoms with E-state index in [-0.39, 0.29) is 19.0 Å². The van der Waals surface area contributed by atoms with Gasteiger partial charge in [0.15, 0.2) is 11.6 Å². The number of anilines is 1. The van der Waals surface area contributed by atoms with Crippen molar-refractivity contribution in [1.29, 1.82) is 0 Å². The van der Waals surface area contributed by atoms with E-state index in [1.807, 2.05) is 0 Å². The Morgan fingerprint density at radius 2 is 2.11 bits per heavy atom. The van der Waals surface area contributed by atoms with E-state index in [0.717, 1.165) is 12.1 Å². The van der Waals surface area contributed by atoms with Gasteiger partial charge in [0.05, 0.1) is 0 Å². The van der Waals surface area contributed by atoms with Crippen LogP contribution in [0.15, 0.2) is 30.5 Å². The van der Waals surface area contributed by atoms with Gasteiger partial charge in [-0.1, -0.05) is 6.07 Å². The van der Waals surface area contributed by atoms with E-state index < -0.39 is 11.6 Å². The molecule has 0 aliphatic rings. The molecule has 5 nitrogen and oxygen atoms in total. The van der Waals surface area contributed by atoms with Gasteiger partial charge in [0.1, 0.15) is 12.4 Å². The fourth-order valence-corrected chi connectivity index (χ4v) is 1.52. The summed E-state index contributed by atoms with van der Waals surface area (Å²) in [6.45, 7) is 0.133. The summed E-state index contributed by atoms with van der Waals surface area (Å²) in [5, 5.41) is 6.43. The highest BCUT2D eigenvalue weighted by molar-refractivity contribution is 5.75. The minimum Gasteiger partial charge on any atom is -0.382 e. The molecular weight excluding hydrogens is 254 g/mol. The maximum absolute atomic E-state index is 12.9. The van der Waals surface area contributed by atoms with Crippen LogP contribution in [0.3, 0.4) is 0 Å². The first-order chi connectivity index (χ1) is 9.04. The molecule has 19 heavy (non-hydrogen) atoms. The molecule has 7 heteroatoms. The highest BCUT2D eigenvalue weighted by Crippen LogP contribution is 2.08. The minimum absolute atomic E-state index is 0.0148. The lowest BCUT2D eigenvalue weighted by molar-refractivity contribution is -0.122. The van der Waals surface area contributed by atoms with Gasteiger partial charge in [-0.3, -0.25) is 9.48 Å². The Morgan fingerprint density at radius 1 is 1.32 bits per heavy atom. The number of aromatic nitrogens is 2. The first kappa shape index (κ1) is 13.0. The molecule has 1 aromatic carbocycles. The number of benzene rings is 1. The van der Waals surface area contributed by atoms with Crippen molar-refractivity contribution < 1.29 is 13.6 Å². The van der Waals surface area contributed by atoms with Crippen molar-refractivity contribution in [2.24, 2.45) is 0 Å². The lowest BCUT2D eigenvalue weighted by atomic mass is 10.2. The monoisotopic (exact) mass is 266 g/mol. The van der Waals surface area contributed by atoms with Crippen LogP contribution in [0.4, 0.5) is 14.6 Å². The van der Waals surface area contributed by atoms with Crippen molar-refractivity contribution >= 4 is 11.7 Å². The Balaban J connectivity index is 1.88. The molecule has 0 aliphatic carbocycles. The highest BCUT2D eigenvalue weighted by Gasteiger charge is 2.06. The third kappa shape index (κ3) is 3.51. The zero-order valence-electron chi connectivity index (χ0n) is 9.94. The number of hydrogen-bond acceptors (Lipinski definition) is 3. The van der Waals surface area contributed by atoms with Gasteiger partial charge >= 0.3 is 0 Å². The van der Waals surface area contributed by atoms with Crippen LogP contribution in [0.25, 0.3) is 0 Å². The van der Waals surface area contributed by atoms with Crippen LogP contribution in [0.2, 0.25) is 0 Å². The van der Waals surface area contributed by atoms with Crippen molar-refractivity contribution in [2.45, 2.75) is 13.1 Å². The first-order valence-corrected chi connectivity index (χ1v) is 5.54. The normalized spacial score (nSPS) is 10.4. The molecule has 0 unspecified atom stereocenters. The van der Waals surface area contributed by atoms with E-state index in [4.69, 9.17) is 5.73 Å². The van der Waals surface area contributed by atoms with E-state index in [1.165, 1.54) is 10.7 Å². The van der Waals surface area contributed by atoms with Gasteiger partial charge in [-0.2, -0.15) is 5.10 Å². The molecule has 0 radical (unpaired) electrons. The smallest absolute Gasteiger partial charge is 0.241 e. The van der Waals surface area contributed by atoms with E-state index >= 15 is 0 Å². The number of amides is 1. The summed E-state index contributed by atoms with van der Waals surface area (Å²) in [6, 6.07) is 5.04. The van der Waals surface area contributed by atoms with Gasteiger partial charge in [-0.05, 0) is 23.8 Å². The molecule has 0 fully saturated rings. The number of hydrogen-bond donors (Lipinski definition) is 2. The quantitative estimate of drug-likeness (QED) is 0.869.